The van der Waals surface area contributed by atoms with Gasteiger partial charge in [0, 0.05) is 0 Å². The van der Waals surface area contributed by atoms with Gasteiger partial charge in [0.15, 0.2) is 6.23 Å². The van der Waals surface area contributed by atoms with Gasteiger partial charge in [-0.05, 0) is 0 Å². The predicted octanol–water partition coefficient (Wildman–Crippen LogP) is -3.32. The van der Waals surface area contributed by atoms with Crippen molar-refractivity contribution in [2.45, 2.75) is 30.6 Å². The van der Waals surface area contributed by atoms with E-state index in [2.05, 4.69) is 17.5 Å². The maximum atomic E-state index is 9.20. The number of thiocarbonyl (C=S) groups is 1. The summed E-state index contributed by atoms with van der Waals surface area (Å²) in [5.74, 6) is 0. The lowest BCUT2D eigenvalue weighted by Gasteiger charge is -2.22. The Labute approximate surface area is 79.4 Å². The second kappa shape index (κ2) is 3.82. The molecule has 1 aliphatic heterocycles. The van der Waals surface area contributed by atoms with Crippen LogP contribution in [0, 0.1) is 0 Å². The monoisotopic (exact) mass is 209 g/mol. The van der Waals surface area contributed by atoms with Gasteiger partial charge in [-0.15, -0.1) is 0 Å². The van der Waals surface area contributed by atoms with E-state index in [1.54, 1.807) is 0 Å². The highest BCUT2D eigenvalue weighted by Gasteiger charge is 2.40. The summed E-state index contributed by atoms with van der Waals surface area (Å²) in [5, 5.41) is 48.0. The average molecular weight is 209 g/mol. The van der Waals surface area contributed by atoms with Crippen LogP contribution in [0.4, 0.5) is 0 Å². The molecule has 1 unspecified atom stereocenters. The fraction of sp³-hybridized carbons (Fsp3) is 0.833. The summed E-state index contributed by atoms with van der Waals surface area (Å²) < 4.78 is 0. The highest BCUT2D eigenvalue weighted by molar-refractivity contribution is 7.80. The smallest absolute Gasteiger partial charge is 0.153 e. The second-order valence-corrected chi connectivity index (χ2v) is 3.31. The molecule has 1 heterocycles. The van der Waals surface area contributed by atoms with Crippen molar-refractivity contribution in [1.29, 1.82) is 0 Å². The van der Waals surface area contributed by atoms with Gasteiger partial charge in [0.2, 0.25) is 0 Å². The van der Waals surface area contributed by atoms with Crippen molar-refractivity contribution in [2.24, 2.45) is 0 Å². The molecular formula is C6H11NO5S. The first-order chi connectivity index (χ1) is 5.95. The highest BCUT2D eigenvalue weighted by atomic mass is 32.1. The van der Waals surface area contributed by atoms with Crippen LogP contribution >= 0.6 is 12.2 Å². The Morgan fingerprint density at radius 3 is 2.00 bits per heavy atom. The van der Waals surface area contributed by atoms with Crippen LogP contribution in [0.3, 0.4) is 0 Å². The number of rotatable bonds is 0. The highest BCUT2D eigenvalue weighted by Crippen LogP contribution is 2.12. The molecule has 0 aromatic carbocycles. The SMILES string of the molecule is OC1NC(=S)[C@H](O)[C@@H](O)[C@H](O)[C@@H]1O. The van der Waals surface area contributed by atoms with Crippen molar-refractivity contribution in [3.05, 3.63) is 0 Å². The van der Waals surface area contributed by atoms with Crippen LogP contribution in [0.2, 0.25) is 0 Å². The largest absolute Gasteiger partial charge is 0.387 e. The van der Waals surface area contributed by atoms with Crippen LogP contribution in [0.1, 0.15) is 0 Å². The van der Waals surface area contributed by atoms with E-state index >= 15 is 0 Å². The molecule has 13 heavy (non-hydrogen) atoms. The zero-order valence-corrected chi connectivity index (χ0v) is 7.35. The zero-order chi connectivity index (χ0) is 10.2. The topological polar surface area (TPSA) is 113 Å². The van der Waals surface area contributed by atoms with Crippen molar-refractivity contribution in [2.75, 3.05) is 0 Å². The average Bonchev–Trinajstić information content (AvgIpc) is 2.15. The van der Waals surface area contributed by atoms with Gasteiger partial charge in [-0.25, -0.2) is 0 Å². The Balaban J connectivity index is 2.85. The Kier molecular flexibility index (Phi) is 3.17. The first-order valence-electron chi connectivity index (χ1n) is 3.66. The third-order valence-electron chi connectivity index (χ3n) is 1.91. The summed E-state index contributed by atoms with van der Waals surface area (Å²) in [7, 11) is 0. The van der Waals surface area contributed by atoms with Gasteiger partial charge in [-0.2, -0.15) is 0 Å². The number of aliphatic hydroxyl groups is 5. The molecular weight excluding hydrogens is 198 g/mol. The normalized spacial score (nSPS) is 46.8. The Hall–Kier alpha value is -0.310. The van der Waals surface area contributed by atoms with E-state index in [0.29, 0.717) is 0 Å². The molecule has 5 atom stereocenters. The molecule has 76 valence electrons. The minimum Gasteiger partial charge on any atom is -0.387 e. The molecule has 1 fully saturated rings. The summed E-state index contributed by atoms with van der Waals surface area (Å²) in [6.07, 6.45) is -7.82. The number of hydrogen-bond acceptors (Lipinski definition) is 6. The molecule has 1 saturated heterocycles. The minimum atomic E-state index is -1.64. The molecule has 6 nitrogen and oxygen atoms in total. The first kappa shape index (κ1) is 10.8. The summed E-state index contributed by atoms with van der Waals surface area (Å²) in [5.41, 5.74) is 0. The lowest BCUT2D eigenvalue weighted by atomic mass is 10.0. The van der Waals surface area contributed by atoms with Crippen molar-refractivity contribution < 1.29 is 25.5 Å². The number of nitrogens with one attached hydrogen (secondary N) is 1. The minimum absolute atomic E-state index is 0.212. The van der Waals surface area contributed by atoms with Crippen LogP contribution in [-0.4, -0.2) is 61.2 Å². The Bertz CT molecular complexity index is 213. The lowest BCUT2D eigenvalue weighted by Crippen LogP contribution is -2.47. The van der Waals surface area contributed by atoms with Crippen LogP contribution in [0.15, 0.2) is 0 Å². The van der Waals surface area contributed by atoms with E-state index in [4.69, 9.17) is 15.3 Å². The molecule has 0 aliphatic carbocycles. The summed E-state index contributed by atoms with van der Waals surface area (Å²) in [4.78, 5) is -0.212. The van der Waals surface area contributed by atoms with Crippen molar-refractivity contribution >= 4 is 17.2 Å². The molecule has 1 aliphatic rings. The van der Waals surface area contributed by atoms with Gasteiger partial charge >= 0.3 is 0 Å². The van der Waals surface area contributed by atoms with Gasteiger partial charge in [-0.3, -0.25) is 0 Å². The van der Waals surface area contributed by atoms with E-state index in [9.17, 15) is 10.2 Å². The third-order valence-corrected chi connectivity index (χ3v) is 2.26. The Morgan fingerprint density at radius 2 is 1.46 bits per heavy atom. The lowest BCUT2D eigenvalue weighted by molar-refractivity contribution is -0.116. The van der Waals surface area contributed by atoms with Gasteiger partial charge in [-0.1, -0.05) is 12.2 Å². The van der Waals surface area contributed by atoms with Crippen LogP contribution < -0.4 is 5.32 Å². The van der Waals surface area contributed by atoms with Crippen molar-refractivity contribution in [3.63, 3.8) is 0 Å². The van der Waals surface area contributed by atoms with Crippen molar-refractivity contribution in [1.82, 2.24) is 5.32 Å². The zero-order valence-electron chi connectivity index (χ0n) is 6.53. The van der Waals surface area contributed by atoms with E-state index in [1.165, 1.54) is 0 Å². The Morgan fingerprint density at radius 1 is 0.923 bits per heavy atom. The van der Waals surface area contributed by atoms with E-state index in [1.807, 2.05) is 0 Å². The summed E-state index contributed by atoms with van der Waals surface area (Å²) in [6, 6.07) is 0. The maximum absolute atomic E-state index is 9.20. The molecule has 0 bridgehead atoms. The number of aliphatic hydroxyl groups excluding tert-OH is 5. The van der Waals surface area contributed by atoms with E-state index in [-0.39, 0.29) is 4.99 Å². The van der Waals surface area contributed by atoms with E-state index in [0.717, 1.165) is 0 Å². The van der Waals surface area contributed by atoms with Gasteiger partial charge in [0.05, 0.1) is 0 Å². The first-order valence-corrected chi connectivity index (χ1v) is 4.06. The molecule has 0 aromatic heterocycles. The molecule has 1 rings (SSSR count). The standard InChI is InChI=1S/C6H11NO5S/c8-1-2(9)4(11)6(13)7-5(12)3(1)10/h1-5,8-12H,(H,7,13)/t1-,2-,3-,4+,5?/m0/s1. The van der Waals surface area contributed by atoms with Gasteiger partial charge < -0.3 is 30.8 Å². The van der Waals surface area contributed by atoms with Crippen LogP contribution in [-0.2, 0) is 0 Å². The quantitative estimate of drug-likeness (QED) is 0.231. The molecule has 6 N–H and O–H groups in total. The van der Waals surface area contributed by atoms with E-state index < -0.39 is 30.6 Å². The summed E-state index contributed by atoms with van der Waals surface area (Å²) >= 11 is 4.57. The molecule has 7 heteroatoms. The molecule has 0 amide bonds. The van der Waals surface area contributed by atoms with Gasteiger partial charge in [0.25, 0.3) is 0 Å². The second-order valence-electron chi connectivity index (χ2n) is 2.87. The molecule has 0 saturated carbocycles. The predicted molar refractivity (Wildman–Crippen MR) is 45.8 cm³/mol. The van der Waals surface area contributed by atoms with Crippen molar-refractivity contribution in [3.8, 4) is 0 Å². The fourth-order valence-electron chi connectivity index (χ4n) is 1.05. The number of hydrogen-bond donors (Lipinski definition) is 6. The maximum Gasteiger partial charge on any atom is 0.153 e. The molecule has 0 aromatic rings. The summed E-state index contributed by atoms with van der Waals surface area (Å²) in [6.45, 7) is 0. The fourth-order valence-corrected chi connectivity index (χ4v) is 1.31. The molecule has 0 spiro atoms. The third kappa shape index (κ3) is 1.96. The van der Waals surface area contributed by atoms with Gasteiger partial charge in [0.1, 0.15) is 29.4 Å². The van der Waals surface area contributed by atoms with Crippen LogP contribution in [0.5, 0.6) is 0 Å². The van der Waals surface area contributed by atoms with Crippen LogP contribution in [0.25, 0.3) is 0 Å². The molecule has 0 radical (unpaired) electrons.